The second-order valence-corrected chi connectivity index (χ2v) is 4.76. The van der Waals surface area contributed by atoms with E-state index in [1.807, 2.05) is 12.4 Å². The monoisotopic (exact) mass is 240 g/mol. The van der Waals surface area contributed by atoms with E-state index in [2.05, 4.69) is 66.6 Å². The van der Waals surface area contributed by atoms with E-state index in [4.69, 9.17) is 0 Å². The van der Waals surface area contributed by atoms with Gasteiger partial charge >= 0.3 is 0 Å². The Morgan fingerprint density at radius 3 is 2.33 bits per heavy atom. The third kappa shape index (κ3) is 3.67. The van der Waals surface area contributed by atoms with Crippen molar-refractivity contribution in [3.05, 3.63) is 66.0 Å². The van der Waals surface area contributed by atoms with Crippen LogP contribution in [0.3, 0.4) is 0 Å². The van der Waals surface area contributed by atoms with Crippen molar-refractivity contribution in [3.63, 3.8) is 0 Å². The fourth-order valence-corrected chi connectivity index (χ4v) is 2.20. The zero-order valence-corrected chi connectivity index (χ0v) is 11.0. The van der Waals surface area contributed by atoms with Crippen molar-refractivity contribution in [1.82, 2.24) is 10.3 Å². The van der Waals surface area contributed by atoms with E-state index in [0.717, 1.165) is 6.42 Å². The summed E-state index contributed by atoms with van der Waals surface area (Å²) >= 11 is 0. The first-order valence-corrected chi connectivity index (χ1v) is 6.45. The van der Waals surface area contributed by atoms with Gasteiger partial charge in [-0.05, 0) is 43.5 Å². The van der Waals surface area contributed by atoms with E-state index in [0.29, 0.717) is 12.1 Å². The summed E-state index contributed by atoms with van der Waals surface area (Å²) in [5.74, 6) is 0. The molecule has 0 amide bonds. The van der Waals surface area contributed by atoms with Crippen LogP contribution >= 0.6 is 0 Å². The summed E-state index contributed by atoms with van der Waals surface area (Å²) < 4.78 is 0. The molecule has 2 aromatic rings. The maximum atomic E-state index is 4.05. The predicted molar refractivity (Wildman–Crippen MR) is 75.4 cm³/mol. The zero-order valence-electron chi connectivity index (χ0n) is 11.0. The molecule has 0 spiro atoms. The molecule has 94 valence electrons. The van der Waals surface area contributed by atoms with Crippen LogP contribution in [0.4, 0.5) is 0 Å². The molecular formula is C16H20N2. The van der Waals surface area contributed by atoms with Gasteiger partial charge in [-0.2, -0.15) is 0 Å². The topological polar surface area (TPSA) is 24.9 Å². The molecule has 1 N–H and O–H groups in total. The Kier molecular flexibility index (Phi) is 4.48. The maximum Gasteiger partial charge on any atom is 0.0295 e. The number of benzene rings is 1. The van der Waals surface area contributed by atoms with Gasteiger partial charge in [-0.15, -0.1) is 0 Å². The first-order valence-electron chi connectivity index (χ1n) is 6.45. The van der Waals surface area contributed by atoms with Crippen LogP contribution in [-0.2, 0) is 6.42 Å². The molecule has 0 saturated heterocycles. The van der Waals surface area contributed by atoms with Gasteiger partial charge in [-0.1, -0.05) is 30.3 Å². The van der Waals surface area contributed by atoms with Crippen molar-refractivity contribution in [2.45, 2.75) is 32.4 Å². The van der Waals surface area contributed by atoms with E-state index >= 15 is 0 Å². The van der Waals surface area contributed by atoms with Crippen LogP contribution in [0.25, 0.3) is 0 Å². The summed E-state index contributed by atoms with van der Waals surface area (Å²) in [6, 6.07) is 15.5. The average Bonchev–Trinajstić information content (AvgIpc) is 2.40. The Bertz CT molecular complexity index is 453. The molecule has 0 fully saturated rings. The molecule has 0 aliphatic carbocycles. The number of hydrogen-bond donors (Lipinski definition) is 1. The van der Waals surface area contributed by atoms with Gasteiger partial charge in [0.25, 0.3) is 0 Å². The highest BCUT2D eigenvalue weighted by atomic mass is 14.9. The highest BCUT2D eigenvalue weighted by Crippen LogP contribution is 2.12. The number of pyridine rings is 1. The summed E-state index contributed by atoms with van der Waals surface area (Å²) in [5, 5.41) is 3.62. The van der Waals surface area contributed by atoms with Crippen LogP contribution in [-0.4, -0.2) is 11.0 Å². The minimum absolute atomic E-state index is 0.353. The Hall–Kier alpha value is -1.67. The van der Waals surface area contributed by atoms with E-state index < -0.39 is 0 Å². The lowest BCUT2D eigenvalue weighted by Crippen LogP contribution is -2.30. The summed E-state index contributed by atoms with van der Waals surface area (Å²) in [7, 11) is 0. The standard InChI is InChI=1S/C16H20N2/c1-13(12-15-6-4-3-5-7-15)18-14(2)16-8-10-17-11-9-16/h3-11,13-14,18H,12H2,1-2H3/t13?,14-/m0/s1. The third-order valence-electron chi connectivity index (χ3n) is 3.13. The molecular weight excluding hydrogens is 220 g/mol. The fraction of sp³-hybridized carbons (Fsp3) is 0.312. The van der Waals surface area contributed by atoms with E-state index in [1.54, 1.807) is 0 Å². The molecule has 0 bridgehead atoms. The molecule has 2 rings (SSSR count). The molecule has 0 saturated carbocycles. The number of hydrogen-bond acceptors (Lipinski definition) is 2. The molecule has 18 heavy (non-hydrogen) atoms. The van der Waals surface area contributed by atoms with Gasteiger partial charge in [0.1, 0.15) is 0 Å². The second kappa shape index (κ2) is 6.31. The highest BCUT2D eigenvalue weighted by Gasteiger charge is 2.09. The van der Waals surface area contributed by atoms with Crippen molar-refractivity contribution >= 4 is 0 Å². The van der Waals surface area contributed by atoms with Gasteiger partial charge in [-0.3, -0.25) is 4.98 Å². The molecule has 2 heteroatoms. The molecule has 1 aromatic carbocycles. The van der Waals surface area contributed by atoms with Crippen LogP contribution in [0.2, 0.25) is 0 Å². The van der Waals surface area contributed by atoms with Crippen LogP contribution in [0.15, 0.2) is 54.9 Å². The smallest absolute Gasteiger partial charge is 0.0295 e. The van der Waals surface area contributed by atoms with Crippen molar-refractivity contribution in [1.29, 1.82) is 0 Å². The van der Waals surface area contributed by atoms with E-state index in [1.165, 1.54) is 11.1 Å². The van der Waals surface area contributed by atoms with Crippen molar-refractivity contribution in [2.75, 3.05) is 0 Å². The molecule has 0 aliphatic rings. The second-order valence-electron chi connectivity index (χ2n) is 4.76. The van der Waals surface area contributed by atoms with Gasteiger partial charge < -0.3 is 5.32 Å². The number of rotatable bonds is 5. The summed E-state index contributed by atoms with van der Waals surface area (Å²) in [4.78, 5) is 4.05. The molecule has 0 aliphatic heterocycles. The quantitative estimate of drug-likeness (QED) is 0.866. The number of nitrogens with one attached hydrogen (secondary N) is 1. The fourth-order valence-electron chi connectivity index (χ4n) is 2.20. The average molecular weight is 240 g/mol. The first kappa shape index (κ1) is 12.8. The minimum Gasteiger partial charge on any atom is -0.307 e. The lowest BCUT2D eigenvalue weighted by molar-refractivity contribution is 0.477. The predicted octanol–water partition coefficient (Wildman–Crippen LogP) is 3.36. The molecule has 1 heterocycles. The van der Waals surface area contributed by atoms with Crippen molar-refractivity contribution in [2.24, 2.45) is 0 Å². The van der Waals surface area contributed by atoms with Crippen LogP contribution in [0.5, 0.6) is 0 Å². The largest absolute Gasteiger partial charge is 0.307 e. The van der Waals surface area contributed by atoms with Gasteiger partial charge in [0, 0.05) is 24.5 Å². The lowest BCUT2D eigenvalue weighted by atomic mass is 10.0. The van der Waals surface area contributed by atoms with Crippen molar-refractivity contribution in [3.8, 4) is 0 Å². The minimum atomic E-state index is 0.353. The zero-order chi connectivity index (χ0) is 12.8. The number of aromatic nitrogens is 1. The summed E-state index contributed by atoms with van der Waals surface area (Å²) in [6.45, 7) is 4.42. The molecule has 1 aromatic heterocycles. The van der Waals surface area contributed by atoms with Crippen LogP contribution in [0.1, 0.15) is 31.0 Å². The Morgan fingerprint density at radius 2 is 1.67 bits per heavy atom. The molecule has 1 unspecified atom stereocenters. The summed E-state index contributed by atoms with van der Waals surface area (Å²) in [6.07, 6.45) is 4.74. The summed E-state index contributed by atoms with van der Waals surface area (Å²) in [5.41, 5.74) is 2.66. The van der Waals surface area contributed by atoms with E-state index in [9.17, 15) is 0 Å². The highest BCUT2D eigenvalue weighted by molar-refractivity contribution is 5.17. The van der Waals surface area contributed by atoms with Crippen LogP contribution < -0.4 is 5.32 Å². The SMILES string of the molecule is CC(Cc1ccccc1)N[C@@H](C)c1ccncc1. The van der Waals surface area contributed by atoms with Gasteiger partial charge in [-0.25, -0.2) is 0 Å². The Labute approximate surface area is 109 Å². The Balaban J connectivity index is 1.90. The normalized spacial score (nSPS) is 14.1. The first-order chi connectivity index (χ1) is 8.75. The molecule has 2 atom stereocenters. The van der Waals surface area contributed by atoms with Crippen molar-refractivity contribution < 1.29 is 0 Å². The molecule has 2 nitrogen and oxygen atoms in total. The maximum absolute atomic E-state index is 4.05. The molecule has 0 radical (unpaired) electrons. The number of nitrogens with zero attached hydrogens (tertiary/aromatic N) is 1. The van der Waals surface area contributed by atoms with E-state index in [-0.39, 0.29) is 0 Å². The van der Waals surface area contributed by atoms with Gasteiger partial charge in [0.2, 0.25) is 0 Å². The lowest BCUT2D eigenvalue weighted by Gasteiger charge is -2.20. The van der Waals surface area contributed by atoms with Gasteiger partial charge in [0.15, 0.2) is 0 Å². The van der Waals surface area contributed by atoms with Crippen LogP contribution in [0, 0.1) is 0 Å². The Morgan fingerprint density at radius 1 is 1.00 bits per heavy atom. The third-order valence-corrected chi connectivity index (χ3v) is 3.13. The van der Waals surface area contributed by atoms with Gasteiger partial charge in [0.05, 0.1) is 0 Å².